The molecule has 1 aromatic heterocycles. The van der Waals surface area contributed by atoms with Gasteiger partial charge in [-0.25, -0.2) is 9.37 Å². The Morgan fingerprint density at radius 1 is 1.03 bits per heavy atom. The predicted molar refractivity (Wildman–Crippen MR) is 126 cm³/mol. The number of halogens is 4. The molecule has 0 unspecified atom stereocenters. The molecule has 0 saturated carbocycles. The van der Waals surface area contributed by atoms with Crippen molar-refractivity contribution in [1.82, 2.24) is 4.98 Å². The number of aromatic nitrogens is 1. The van der Waals surface area contributed by atoms with Gasteiger partial charge in [-0.1, -0.05) is 31.5 Å². The van der Waals surface area contributed by atoms with Crippen LogP contribution >= 0.6 is 0 Å². The molecule has 0 spiro atoms. The van der Waals surface area contributed by atoms with E-state index in [4.69, 9.17) is 5.73 Å². The Kier molecular flexibility index (Phi) is 7.95. The van der Waals surface area contributed by atoms with Gasteiger partial charge in [0.1, 0.15) is 11.6 Å². The van der Waals surface area contributed by atoms with Crippen LogP contribution in [0.2, 0.25) is 0 Å². The van der Waals surface area contributed by atoms with Crippen molar-refractivity contribution in [3.63, 3.8) is 0 Å². The monoisotopic (exact) mass is 459 g/mol. The summed E-state index contributed by atoms with van der Waals surface area (Å²) >= 11 is 0. The van der Waals surface area contributed by atoms with Crippen LogP contribution < -0.4 is 11.1 Å². The number of hydrogen-bond acceptors (Lipinski definition) is 3. The minimum atomic E-state index is -4.38. The van der Waals surface area contributed by atoms with Crippen LogP contribution in [0.25, 0.3) is 11.3 Å². The highest BCUT2D eigenvalue weighted by Gasteiger charge is 2.34. The number of hydrogen-bond donors (Lipinski definition) is 2. The quantitative estimate of drug-likeness (QED) is 0.325. The number of fused-ring (bicyclic) bond motifs is 1. The number of pyridine rings is 1. The van der Waals surface area contributed by atoms with E-state index in [1.54, 1.807) is 19.2 Å². The zero-order chi connectivity index (χ0) is 24.0. The molecule has 33 heavy (non-hydrogen) atoms. The summed E-state index contributed by atoms with van der Waals surface area (Å²) in [6.45, 7) is 2.05. The number of alkyl halides is 3. The number of benzene rings is 2. The van der Waals surface area contributed by atoms with Gasteiger partial charge in [0, 0.05) is 18.3 Å². The maximum atomic E-state index is 13.2. The minimum Gasteiger partial charge on any atom is -0.399 e. The summed E-state index contributed by atoms with van der Waals surface area (Å²) in [4.78, 5) is 4.44. The first-order valence-corrected chi connectivity index (χ1v) is 11.2. The zero-order valence-electron chi connectivity index (χ0n) is 18.9. The van der Waals surface area contributed by atoms with E-state index in [0.717, 1.165) is 61.3 Å². The van der Waals surface area contributed by atoms with Gasteiger partial charge in [0.05, 0.1) is 11.3 Å². The molecule has 4 rings (SSSR count). The van der Waals surface area contributed by atoms with E-state index in [-0.39, 0.29) is 11.4 Å². The molecule has 3 N–H and O–H groups in total. The summed E-state index contributed by atoms with van der Waals surface area (Å²) < 4.78 is 52.3. The molecule has 1 heterocycles. The van der Waals surface area contributed by atoms with E-state index in [1.807, 2.05) is 13.0 Å². The van der Waals surface area contributed by atoms with Gasteiger partial charge in [-0.15, -0.1) is 0 Å². The highest BCUT2D eigenvalue weighted by atomic mass is 19.4. The average molecular weight is 460 g/mol. The number of nitrogens with zero attached hydrogens (tertiary/aromatic N) is 1. The van der Waals surface area contributed by atoms with Gasteiger partial charge in [-0.2, -0.15) is 13.2 Å². The molecule has 0 radical (unpaired) electrons. The van der Waals surface area contributed by atoms with Gasteiger partial charge in [0.15, 0.2) is 0 Å². The third-order valence-electron chi connectivity index (χ3n) is 5.71. The lowest BCUT2D eigenvalue weighted by Gasteiger charge is -2.21. The molecule has 7 heteroatoms. The van der Waals surface area contributed by atoms with Gasteiger partial charge in [0.25, 0.3) is 0 Å². The Bertz CT molecular complexity index is 1080. The molecule has 3 aromatic rings. The fourth-order valence-corrected chi connectivity index (χ4v) is 4.10. The molecule has 0 aliphatic heterocycles. The van der Waals surface area contributed by atoms with Crippen molar-refractivity contribution >= 4 is 11.5 Å². The maximum absolute atomic E-state index is 13.2. The van der Waals surface area contributed by atoms with E-state index >= 15 is 0 Å². The third kappa shape index (κ3) is 6.03. The minimum absolute atomic E-state index is 0.139. The molecular formula is C26H29F4N3. The molecule has 1 aliphatic rings. The number of rotatable bonds is 4. The summed E-state index contributed by atoms with van der Waals surface area (Å²) in [6.07, 6.45) is 1.46. The lowest BCUT2D eigenvalue weighted by molar-refractivity contribution is -0.137. The van der Waals surface area contributed by atoms with Crippen molar-refractivity contribution < 1.29 is 17.6 Å². The van der Waals surface area contributed by atoms with E-state index in [2.05, 4.69) is 10.3 Å². The highest BCUT2D eigenvalue weighted by Crippen LogP contribution is 2.38. The molecule has 176 valence electrons. The molecule has 0 atom stereocenters. The van der Waals surface area contributed by atoms with Crippen molar-refractivity contribution in [2.24, 2.45) is 0 Å². The van der Waals surface area contributed by atoms with E-state index in [1.165, 1.54) is 24.3 Å². The third-order valence-corrected chi connectivity index (χ3v) is 5.71. The second-order valence-corrected chi connectivity index (χ2v) is 8.09. The number of nitrogens with one attached hydrogen (secondary N) is 1. The smallest absolute Gasteiger partial charge is 0.399 e. The van der Waals surface area contributed by atoms with Gasteiger partial charge in [-0.05, 0) is 79.1 Å². The fourth-order valence-electron chi connectivity index (χ4n) is 4.10. The predicted octanol–water partition coefficient (Wildman–Crippen LogP) is 7.05. The van der Waals surface area contributed by atoms with E-state index in [9.17, 15) is 17.6 Å². The van der Waals surface area contributed by atoms with Crippen LogP contribution in [0.1, 0.15) is 48.4 Å². The first-order valence-electron chi connectivity index (χ1n) is 11.2. The maximum Gasteiger partial charge on any atom is 0.417 e. The first-order chi connectivity index (χ1) is 15.7. The molecule has 0 bridgehead atoms. The summed E-state index contributed by atoms with van der Waals surface area (Å²) in [5, 5.41) is 3.03. The summed E-state index contributed by atoms with van der Waals surface area (Å²) in [5.74, 6) is 0.492. The Morgan fingerprint density at radius 3 is 2.45 bits per heavy atom. The van der Waals surface area contributed by atoms with Crippen LogP contribution in [0.15, 0.2) is 48.5 Å². The van der Waals surface area contributed by atoms with Crippen molar-refractivity contribution in [2.45, 2.75) is 51.6 Å². The Morgan fingerprint density at radius 2 is 1.76 bits per heavy atom. The molecule has 0 amide bonds. The lowest BCUT2D eigenvalue weighted by atomic mass is 9.90. The number of anilines is 2. The van der Waals surface area contributed by atoms with Crippen LogP contribution in [-0.4, -0.2) is 12.0 Å². The Hall–Kier alpha value is -3.09. The average Bonchev–Trinajstić information content (AvgIpc) is 2.81. The summed E-state index contributed by atoms with van der Waals surface area (Å²) in [7, 11) is 1.76. The number of nitrogen functional groups attached to an aromatic ring is 1. The Balaban J connectivity index is 0.000000235. The number of nitrogens with two attached hydrogens (primary N) is 1. The zero-order valence-corrected chi connectivity index (χ0v) is 18.9. The standard InChI is InChI=1S/C17H17F3N2.C9H12FN/c1-21-16-12-7-3-2-6-11(12)10-15(22-16)13-8-4-5-9-14(13)17(18,19)20;1-2-3-7-6-8(10)4-5-9(7)11/h4-5,8-10H,2-3,6-7H2,1H3,(H,21,22);4-6H,2-3,11H2,1H3. The lowest BCUT2D eigenvalue weighted by Crippen LogP contribution is -2.11. The number of aryl methyl sites for hydroxylation is 2. The van der Waals surface area contributed by atoms with E-state index in [0.29, 0.717) is 17.2 Å². The SMILES string of the molecule is CCCc1cc(F)ccc1N.CNc1nc(-c2ccccc2C(F)(F)F)cc2c1CCCC2. The molecule has 3 nitrogen and oxygen atoms in total. The fraction of sp³-hybridized carbons (Fsp3) is 0.346. The molecule has 0 saturated heterocycles. The van der Waals surface area contributed by atoms with Crippen LogP contribution in [0.5, 0.6) is 0 Å². The van der Waals surface area contributed by atoms with Crippen molar-refractivity contribution in [3.05, 3.63) is 76.6 Å². The van der Waals surface area contributed by atoms with Crippen LogP contribution in [0.4, 0.5) is 29.1 Å². The van der Waals surface area contributed by atoms with Gasteiger partial charge >= 0.3 is 6.18 Å². The van der Waals surface area contributed by atoms with Crippen molar-refractivity contribution in [2.75, 3.05) is 18.1 Å². The largest absolute Gasteiger partial charge is 0.417 e. The van der Waals surface area contributed by atoms with Crippen molar-refractivity contribution in [1.29, 1.82) is 0 Å². The molecule has 1 aliphatic carbocycles. The summed E-state index contributed by atoms with van der Waals surface area (Å²) in [6, 6.07) is 11.9. The summed E-state index contributed by atoms with van der Waals surface area (Å²) in [5.41, 5.74) is 9.34. The molecule has 0 fully saturated rings. The molecule has 2 aromatic carbocycles. The van der Waals surface area contributed by atoms with Gasteiger partial charge in [-0.3, -0.25) is 0 Å². The van der Waals surface area contributed by atoms with Crippen LogP contribution in [0.3, 0.4) is 0 Å². The second kappa shape index (κ2) is 10.7. The highest BCUT2D eigenvalue weighted by molar-refractivity contribution is 5.69. The van der Waals surface area contributed by atoms with Gasteiger partial charge in [0.2, 0.25) is 0 Å². The van der Waals surface area contributed by atoms with Crippen LogP contribution in [-0.2, 0) is 25.4 Å². The molecular weight excluding hydrogens is 430 g/mol. The van der Waals surface area contributed by atoms with Crippen molar-refractivity contribution in [3.8, 4) is 11.3 Å². The first kappa shape index (κ1) is 24.6. The van der Waals surface area contributed by atoms with E-state index < -0.39 is 11.7 Å². The van der Waals surface area contributed by atoms with Gasteiger partial charge < -0.3 is 11.1 Å². The second-order valence-electron chi connectivity index (χ2n) is 8.09. The normalized spacial score (nSPS) is 13.0. The Labute approximate surface area is 192 Å². The topological polar surface area (TPSA) is 50.9 Å². The van der Waals surface area contributed by atoms with Crippen LogP contribution in [0, 0.1) is 5.82 Å².